The van der Waals surface area contributed by atoms with Gasteiger partial charge >= 0.3 is 11.7 Å². The molecular formula is C11H9ClN2O4. The number of alkyl halides is 1. The first-order chi connectivity index (χ1) is 8.47. The number of halogens is 1. The Morgan fingerprint density at radius 3 is 2.72 bits per heavy atom. The number of aromatic amines is 2. The second-order valence-corrected chi connectivity index (χ2v) is 4.23. The molecule has 0 fully saturated rings. The van der Waals surface area contributed by atoms with Crippen LogP contribution in [0.2, 0.25) is 0 Å². The molecule has 1 unspecified atom stereocenters. The van der Waals surface area contributed by atoms with E-state index in [9.17, 15) is 14.4 Å². The number of hydrogen-bond donors (Lipinski definition) is 2. The highest BCUT2D eigenvalue weighted by Crippen LogP contribution is 2.11. The number of esters is 1. The van der Waals surface area contributed by atoms with Gasteiger partial charge in [0.25, 0.3) is 5.56 Å². The molecule has 0 aliphatic carbocycles. The van der Waals surface area contributed by atoms with Gasteiger partial charge in [0.1, 0.15) is 0 Å². The van der Waals surface area contributed by atoms with Gasteiger partial charge in [0.05, 0.1) is 16.5 Å². The monoisotopic (exact) mass is 268 g/mol. The first-order valence-corrected chi connectivity index (χ1v) is 5.52. The summed E-state index contributed by atoms with van der Waals surface area (Å²) in [5.41, 5.74) is -1.40. The Hall–Kier alpha value is -2.08. The molecule has 94 valence electrons. The summed E-state index contributed by atoms with van der Waals surface area (Å²) in [6.45, 7) is 1.50. The van der Waals surface area contributed by atoms with Crippen LogP contribution in [0.3, 0.4) is 0 Å². The van der Waals surface area contributed by atoms with Gasteiger partial charge < -0.3 is 9.72 Å². The van der Waals surface area contributed by atoms with Crippen LogP contribution in [-0.2, 0) is 4.74 Å². The van der Waals surface area contributed by atoms with E-state index in [0.717, 1.165) is 0 Å². The van der Waals surface area contributed by atoms with Crippen LogP contribution in [0.5, 0.6) is 0 Å². The third-order valence-corrected chi connectivity index (χ3v) is 2.33. The van der Waals surface area contributed by atoms with Crippen molar-refractivity contribution in [3.8, 4) is 0 Å². The number of nitrogens with one attached hydrogen (secondary N) is 2. The topological polar surface area (TPSA) is 92.0 Å². The van der Waals surface area contributed by atoms with E-state index >= 15 is 0 Å². The summed E-state index contributed by atoms with van der Waals surface area (Å²) >= 11 is 5.53. The van der Waals surface area contributed by atoms with Crippen molar-refractivity contribution in [3.63, 3.8) is 0 Å². The van der Waals surface area contributed by atoms with Gasteiger partial charge in [-0.05, 0) is 25.1 Å². The molecule has 0 saturated heterocycles. The van der Waals surface area contributed by atoms with Crippen LogP contribution in [-0.4, -0.2) is 21.5 Å². The normalized spacial score (nSPS) is 12.3. The summed E-state index contributed by atoms with van der Waals surface area (Å²) in [5, 5.41) is 0.200. The van der Waals surface area contributed by atoms with E-state index < -0.39 is 22.8 Å². The molecule has 7 heteroatoms. The second-order valence-electron chi connectivity index (χ2n) is 3.62. The minimum absolute atomic E-state index is 0.188. The predicted octanol–water partition coefficient (Wildman–Crippen LogP) is 0.958. The maximum Gasteiger partial charge on any atom is 0.339 e. The molecule has 0 bridgehead atoms. The van der Waals surface area contributed by atoms with Crippen LogP contribution >= 0.6 is 11.6 Å². The Morgan fingerprint density at radius 1 is 1.33 bits per heavy atom. The number of H-pyrrole nitrogens is 2. The number of hydrogen-bond acceptors (Lipinski definition) is 4. The average molecular weight is 269 g/mol. The fraction of sp³-hybridized carbons (Fsp3) is 0.182. The van der Waals surface area contributed by atoms with Gasteiger partial charge in [-0.1, -0.05) is 11.6 Å². The second kappa shape index (κ2) is 4.66. The molecule has 6 nitrogen and oxygen atoms in total. The number of rotatable bonds is 2. The Balaban J connectivity index is 2.54. The van der Waals surface area contributed by atoms with Crippen molar-refractivity contribution in [3.05, 3.63) is 44.6 Å². The summed E-state index contributed by atoms with van der Waals surface area (Å²) in [6.07, 6.45) is 0. The standard InChI is InChI=1S/C11H9ClN2O4/c1-5(12)18-10(16)6-2-3-8-7(4-6)9(15)14-11(17)13-8/h2-5H,1H3,(H2,13,14,15,17). The lowest BCUT2D eigenvalue weighted by Crippen LogP contribution is -2.22. The van der Waals surface area contributed by atoms with E-state index in [1.807, 2.05) is 0 Å². The van der Waals surface area contributed by atoms with Crippen LogP contribution in [0.25, 0.3) is 10.9 Å². The van der Waals surface area contributed by atoms with Crippen LogP contribution in [0.1, 0.15) is 17.3 Å². The van der Waals surface area contributed by atoms with Crippen LogP contribution in [0.15, 0.2) is 27.8 Å². The lowest BCUT2D eigenvalue weighted by atomic mass is 10.1. The Kier molecular flexibility index (Phi) is 3.20. The molecular weight excluding hydrogens is 260 g/mol. The van der Waals surface area contributed by atoms with Gasteiger partial charge in [-0.3, -0.25) is 9.78 Å². The highest BCUT2D eigenvalue weighted by atomic mass is 35.5. The third-order valence-electron chi connectivity index (χ3n) is 2.24. The largest absolute Gasteiger partial charge is 0.443 e. The molecule has 0 spiro atoms. The van der Waals surface area contributed by atoms with E-state index in [0.29, 0.717) is 5.52 Å². The summed E-state index contributed by atoms with van der Waals surface area (Å²) in [7, 11) is 0. The van der Waals surface area contributed by atoms with Crippen LogP contribution in [0.4, 0.5) is 0 Å². The van der Waals surface area contributed by atoms with E-state index in [1.165, 1.54) is 25.1 Å². The summed E-state index contributed by atoms with van der Waals surface area (Å²) < 4.78 is 4.79. The number of benzene rings is 1. The Morgan fingerprint density at radius 2 is 2.06 bits per heavy atom. The molecule has 0 aliphatic heterocycles. The van der Waals surface area contributed by atoms with Gasteiger partial charge in [-0.25, -0.2) is 9.59 Å². The highest BCUT2D eigenvalue weighted by molar-refractivity contribution is 6.20. The molecule has 2 rings (SSSR count). The molecule has 0 aliphatic rings. The number of carbonyl (C=O) groups excluding carboxylic acids is 1. The first-order valence-electron chi connectivity index (χ1n) is 5.09. The molecule has 0 saturated carbocycles. The average Bonchev–Trinajstić information content (AvgIpc) is 2.27. The SMILES string of the molecule is CC(Cl)OC(=O)c1ccc2[nH]c(=O)[nH]c(=O)c2c1. The molecule has 1 aromatic heterocycles. The first kappa shape index (κ1) is 12.4. The number of ether oxygens (including phenoxy) is 1. The van der Waals surface area contributed by atoms with Crippen molar-refractivity contribution >= 4 is 28.5 Å². The quantitative estimate of drug-likeness (QED) is 0.627. The molecule has 18 heavy (non-hydrogen) atoms. The van der Waals surface area contributed by atoms with Gasteiger partial charge in [-0.15, -0.1) is 0 Å². The number of aromatic nitrogens is 2. The van der Waals surface area contributed by atoms with Gasteiger partial charge in [0.2, 0.25) is 0 Å². The van der Waals surface area contributed by atoms with Crippen molar-refractivity contribution in [2.45, 2.75) is 12.5 Å². The minimum atomic E-state index is -0.762. The zero-order valence-electron chi connectivity index (χ0n) is 9.32. The molecule has 2 N–H and O–H groups in total. The zero-order chi connectivity index (χ0) is 13.3. The summed E-state index contributed by atoms with van der Waals surface area (Å²) in [4.78, 5) is 38.7. The molecule has 0 amide bonds. The summed E-state index contributed by atoms with van der Waals surface area (Å²) in [6, 6.07) is 4.24. The Labute approximate surface area is 106 Å². The van der Waals surface area contributed by atoms with Crippen molar-refractivity contribution in [1.29, 1.82) is 0 Å². The molecule has 0 radical (unpaired) electrons. The van der Waals surface area contributed by atoms with E-state index in [2.05, 4.69) is 9.97 Å². The van der Waals surface area contributed by atoms with Gasteiger partial charge in [0.15, 0.2) is 5.56 Å². The number of carbonyl (C=O) groups is 1. The maximum atomic E-state index is 11.6. The molecule has 2 aromatic rings. The van der Waals surface area contributed by atoms with Crippen molar-refractivity contribution in [2.75, 3.05) is 0 Å². The molecule has 1 aromatic carbocycles. The van der Waals surface area contributed by atoms with Crippen molar-refractivity contribution in [1.82, 2.24) is 9.97 Å². The highest BCUT2D eigenvalue weighted by Gasteiger charge is 2.11. The van der Waals surface area contributed by atoms with Crippen LogP contribution < -0.4 is 11.2 Å². The third kappa shape index (κ3) is 2.43. The van der Waals surface area contributed by atoms with E-state index in [4.69, 9.17) is 16.3 Å². The molecule has 1 atom stereocenters. The van der Waals surface area contributed by atoms with Crippen LogP contribution in [0, 0.1) is 0 Å². The van der Waals surface area contributed by atoms with Crippen molar-refractivity contribution in [2.24, 2.45) is 0 Å². The van der Waals surface area contributed by atoms with E-state index in [-0.39, 0.29) is 10.9 Å². The zero-order valence-corrected chi connectivity index (χ0v) is 10.1. The molecule has 1 heterocycles. The van der Waals surface area contributed by atoms with E-state index in [1.54, 1.807) is 0 Å². The smallest absolute Gasteiger partial charge is 0.339 e. The summed E-state index contributed by atoms with van der Waals surface area (Å²) in [5.74, 6) is -0.634. The maximum absolute atomic E-state index is 11.6. The lowest BCUT2D eigenvalue weighted by Gasteiger charge is -2.06. The van der Waals surface area contributed by atoms with Crippen molar-refractivity contribution < 1.29 is 9.53 Å². The fourth-order valence-corrected chi connectivity index (χ4v) is 1.59. The fourth-order valence-electron chi connectivity index (χ4n) is 1.51. The lowest BCUT2D eigenvalue weighted by molar-refractivity contribution is 0.0472. The predicted molar refractivity (Wildman–Crippen MR) is 65.9 cm³/mol. The Bertz CT molecular complexity index is 717. The minimum Gasteiger partial charge on any atom is -0.443 e. The van der Waals surface area contributed by atoms with Gasteiger partial charge in [-0.2, -0.15) is 0 Å². The van der Waals surface area contributed by atoms with Gasteiger partial charge in [0, 0.05) is 0 Å². The number of fused-ring (bicyclic) bond motifs is 1.